The molecule has 0 saturated heterocycles. The molecule has 0 aliphatic heterocycles. The van der Waals surface area contributed by atoms with Gasteiger partial charge in [-0.2, -0.15) is 13.2 Å². The first-order valence-electron chi connectivity index (χ1n) is 4.86. The first-order chi connectivity index (χ1) is 7.94. The summed E-state index contributed by atoms with van der Waals surface area (Å²) in [5, 5.41) is 0. The van der Waals surface area contributed by atoms with Gasteiger partial charge in [0.05, 0.1) is 0 Å². The SMILES string of the molecule is CCC(C)(F)C(=O)OCCNS(=O)(=O)C(F)(F)F. The molecule has 1 atom stereocenters. The number of sulfonamides is 1. The molecule has 0 fully saturated rings. The molecule has 0 aliphatic rings. The Bertz CT molecular complexity index is 390. The third-order valence-corrected chi connectivity index (χ3v) is 3.22. The fourth-order valence-corrected chi connectivity index (χ4v) is 1.21. The maximum atomic E-state index is 13.3. The lowest BCUT2D eigenvalue weighted by atomic mass is 10.1. The maximum Gasteiger partial charge on any atom is 0.511 e. The Hall–Kier alpha value is -0.900. The molecular formula is C8H13F4NO4S. The molecule has 0 spiro atoms. The third-order valence-electron chi connectivity index (χ3n) is 2.02. The molecule has 5 nitrogen and oxygen atoms in total. The van der Waals surface area contributed by atoms with E-state index in [0.717, 1.165) is 6.92 Å². The fraction of sp³-hybridized carbons (Fsp3) is 0.875. The largest absolute Gasteiger partial charge is 0.511 e. The molecule has 0 aromatic heterocycles. The van der Waals surface area contributed by atoms with E-state index in [-0.39, 0.29) is 6.42 Å². The maximum absolute atomic E-state index is 13.3. The van der Waals surface area contributed by atoms with Gasteiger partial charge in [-0.1, -0.05) is 6.92 Å². The summed E-state index contributed by atoms with van der Waals surface area (Å²) in [6.45, 7) is 0.865. The second-order valence-corrected chi connectivity index (χ2v) is 5.29. The van der Waals surface area contributed by atoms with Crippen LogP contribution in [0.5, 0.6) is 0 Å². The highest BCUT2D eigenvalue weighted by molar-refractivity contribution is 7.90. The number of ether oxygens (including phenoxy) is 1. The van der Waals surface area contributed by atoms with Crippen molar-refractivity contribution >= 4 is 16.0 Å². The van der Waals surface area contributed by atoms with Gasteiger partial charge in [0.2, 0.25) is 5.67 Å². The minimum atomic E-state index is -5.47. The smallest absolute Gasteiger partial charge is 0.462 e. The Morgan fingerprint density at radius 1 is 1.28 bits per heavy atom. The van der Waals surface area contributed by atoms with E-state index in [0.29, 0.717) is 0 Å². The van der Waals surface area contributed by atoms with Gasteiger partial charge in [0, 0.05) is 6.54 Å². The number of halogens is 4. The molecule has 108 valence electrons. The van der Waals surface area contributed by atoms with Crippen LogP contribution in [-0.4, -0.2) is 38.7 Å². The molecule has 0 saturated carbocycles. The molecule has 0 aromatic carbocycles. The molecule has 0 aliphatic carbocycles. The van der Waals surface area contributed by atoms with E-state index < -0.39 is 40.3 Å². The molecule has 1 unspecified atom stereocenters. The van der Waals surface area contributed by atoms with E-state index in [1.54, 1.807) is 0 Å². The molecule has 0 heterocycles. The van der Waals surface area contributed by atoms with Crippen LogP contribution in [0.4, 0.5) is 17.6 Å². The van der Waals surface area contributed by atoms with Crippen LogP contribution in [0, 0.1) is 0 Å². The van der Waals surface area contributed by atoms with Gasteiger partial charge in [-0.25, -0.2) is 22.3 Å². The van der Waals surface area contributed by atoms with E-state index in [1.807, 2.05) is 0 Å². The van der Waals surface area contributed by atoms with Crippen molar-refractivity contribution < 1.29 is 35.5 Å². The van der Waals surface area contributed by atoms with Crippen LogP contribution in [0.15, 0.2) is 0 Å². The number of esters is 1. The molecular weight excluding hydrogens is 282 g/mol. The zero-order chi connectivity index (χ0) is 14.6. The number of alkyl halides is 4. The normalized spacial score (nSPS) is 16.1. The van der Waals surface area contributed by atoms with E-state index in [1.165, 1.54) is 11.6 Å². The number of carbonyl (C=O) groups excluding carboxylic acids is 1. The van der Waals surface area contributed by atoms with Gasteiger partial charge in [0.25, 0.3) is 0 Å². The van der Waals surface area contributed by atoms with Crippen molar-refractivity contribution in [3.8, 4) is 0 Å². The second kappa shape index (κ2) is 5.83. The van der Waals surface area contributed by atoms with E-state index in [2.05, 4.69) is 4.74 Å². The topological polar surface area (TPSA) is 72.5 Å². The van der Waals surface area contributed by atoms with Crippen molar-refractivity contribution in [1.29, 1.82) is 0 Å². The highest BCUT2D eigenvalue weighted by Crippen LogP contribution is 2.21. The van der Waals surface area contributed by atoms with Crippen LogP contribution < -0.4 is 4.72 Å². The van der Waals surface area contributed by atoms with E-state index >= 15 is 0 Å². The Balaban J connectivity index is 4.15. The summed E-state index contributed by atoms with van der Waals surface area (Å²) in [6, 6.07) is 0. The van der Waals surface area contributed by atoms with Crippen molar-refractivity contribution in [3.63, 3.8) is 0 Å². The monoisotopic (exact) mass is 295 g/mol. The first-order valence-corrected chi connectivity index (χ1v) is 6.34. The predicted octanol–water partition coefficient (Wildman–Crippen LogP) is 1.11. The summed E-state index contributed by atoms with van der Waals surface area (Å²) in [4.78, 5) is 11.0. The summed E-state index contributed by atoms with van der Waals surface area (Å²) in [6.07, 6.45) is -0.167. The quantitative estimate of drug-likeness (QED) is 0.452. The van der Waals surface area contributed by atoms with Crippen LogP contribution in [0.1, 0.15) is 20.3 Å². The zero-order valence-corrected chi connectivity index (χ0v) is 10.5. The molecule has 18 heavy (non-hydrogen) atoms. The summed E-state index contributed by atoms with van der Waals surface area (Å²) in [5.41, 5.74) is -7.68. The summed E-state index contributed by atoms with van der Waals surface area (Å²) < 4.78 is 75.3. The molecule has 1 N–H and O–H groups in total. The van der Waals surface area contributed by atoms with E-state index in [9.17, 15) is 30.8 Å². The molecule has 0 bridgehead atoms. The van der Waals surface area contributed by atoms with Gasteiger partial charge >= 0.3 is 21.5 Å². The van der Waals surface area contributed by atoms with Gasteiger partial charge in [-0.3, -0.25) is 0 Å². The number of hydrogen-bond acceptors (Lipinski definition) is 4. The van der Waals surface area contributed by atoms with Crippen molar-refractivity contribution in [2.45, 2.75) is 31.4 Å². The molecule has 10 heteroatoms. The second-order valence-electron chi connectivity index (χ2n) is 3.53. The molecule has 0 aromatic rings. The standard InChI is InChI=1S/C8H13F4NO4S/c1-3-7(2,9)6(14)17-5-4-13-18(15,16)8(10,11)12/h13H,3-5H2,1-2H3. The number of nitrogens with one attached hydrogen (secondary N) is 1. The molecule has 0 radical (unpaired) electrons. The van der Waals surface area contributed by atoms with Crippen LogP contribution in [0.3, 0.4) is 0 Å². The van der Waals surface area contributed by atoms with Gasteiger partial charge < -0.3 is 4.74 Å². The van der Waals surface area contributed by atoms with Crippen molar-refractivity contribution in [1.82, 2.24) is 4.72 Å². The summed E-state index contributed by atoms with van der Waals surface area (Å²) >= 11 is 0. The lowest BCUT2D eigenvalue weighted by Crippen LogP contribution is -2.39. The minimum absolute atomic E-state index is 0.167. The summed E-state index contributed by atoms with van der Waals surface area (Å²) in [7, 11) is -5.47. The van der Waals surface area contributed by atoms with Gasteiger partial charge in [0.1, 0.15) is 6.61 Å². The zero-order valence-electron chi connectivity index (χ0n) is 9.67. The highest BCUT2D eigenvalue weighted by Gasteiger charge is 2.45. The van der Waals surface area contributed by atoms with Gasteiger partial charge in [-0.05, 0) is 13.3 Å². The molecule has 0 amide bonds. The summed E-state index contributed by atoms with van der Waals surface area (Å²) in [5.74, 6) is -1.25. The number of carbonyl (C=O) groups is 1. The predicted molar refractivity (Wildman–Crippen MR) is 53.7 cm³/mol. The van der Waals surface area contributed by atoms with Crippen LogP contribution in [0.25, 0.3) is 0 Å². The molecule has 0 rings (SSSR count). The van der Waals surface area contributed by atoms with Crippen molar-refractivity contribution in [3.05, 3.63) is 0 Å². The average molecular weight is 295 g/mol. The van der Waals surface area contributed by atoms with Crippen molar-refractivity contribution in [2.24, 2.45) is 0 Å². The lowest BCUT2D eigenvalue weighted by Gasteiger charge is -2.16. The Labute approximate surface area is 102 Å². The van der Waals surface area contributed by atoms with E-state index in [4.69, 9.17) is 0 Å². The Morgan fingerprint density at radius 3 is 2.17 bits per heavy atom. The minimum Gasteiger partial charge on any atom is -0.462 e. The van der Waals surface area contributed by atoms with Crippen LogP contribution >= 0.6 is 0 Å². The average Bonchev–Trinajstić information content (AvgIpc) is 2.22. The highest BCUT2D eigenvalue weighted by atomic mass is 32.2. The number of hydrogen-bond donors (Lipinski definition) is 1. The first kappa shape index (κ1) is 17.1. The van der Waals surface area contributed by atoms with Gasteiger partial charge in [0.15, 0.2) is 0 Å². The Morgan fingerprint density at radius 2 is 1.78 bits per heavy atom. The Kier molecular flexibility index (Phi) is 5.54. The fourth-order valence-electron chi connectivity index (χ4n) is 0.696. The van der Waals surface area contributed by atoms with Crippen LogP contribution in [0.2, 0.25) is 0 Å². The lowest BCUT2D eigenvalue weighted by molar-refractivity contribution is -0.156. The van der Waals surface area contributed by atoms with Gasteiger partial charge in [-0.15, -0.1) is 0 Å². The van der Waals surface area contributed by atoms with Crippen LogP contribution in [-0.2, 0) is 19.6 Å². The third kappa shape index (κ3) is 4.77. The number of rotatable bonds is 6. The van der Waals surface area contributed by atoms with Crippen molar-refractivity contribution in [2.75, 3.05) is 13.2 Å².